The van der Waals surface area contributed by atoms with Crippen molar-refractivity contribution in [3.63, 3.8) is 0 Å². The van der Waals surface area contributed by atoms with Gasteiger partial charge in [0.05, 0.1) is 6.54 Å². The summed E-state index contributed by atoms with van der Waals surface area (Å²) >= 11 is 0. The van der Waals surface area contributed by atoms with E-state index >= 15 is 0 Å². The highest BCUT2D eigenvalue weighted by Gasteiger charge is 2.23. The van der Waals surface area contributed by atoms with Crippen molar-refractivity contribution in [2.45, 2.75) is 39.8 Å². The Balaban J connectivity index is 1.76. The smallest absolute Gasteiger partial charge is 0.339 e. The van der Waals surface area contributed by atoms with Crippen LogP contribution in [0.5, 0.6) is 0 Å². The zero-order valence-electron chi connectivity index (χ0n) is 12.5. The Bertz CT molecular complexity index is 468. The lowest BCUT2D eigenvalue weighted by molar-refractivity contribution is 0.0695. The maximum Gasteiger partial charge on any atom is 0.339 e. The molecule has 0 spiro atoms. The average Bonchev–Trinajstić information content (AvgIpc) is 2.96. The molecular formula is C15H24N2O3. The first-order chi connectivity index (χ1) is 9.47. The highest BCUT2D eigenvalue weighted by atomic mass is 16.4. The van der Waals surface area contributed by atoms with E-state index in [0.717, 1.165) is 13.1 Å². The van der Waals surface area contributed by atoms with Gasteiger partial charge in [-0.3, -0.25) is 0 Å². The van der Waals surface area contributed by atoms with Gasteiger partial charge >= 0.3 is 5.97 Å². The van der Waals surface area contributed by atoms with Crippen molar-refractivity contribution in [2.24, 2.45) is 5.92 Å². The average molecular weight is 280 g/mol. The summed E-state index contributed by atoms with van der Waals surface area (Å²) in [7, 11) is 0. The number of carboxylic acids is 1. The van der Waals surface area contributed by atoms with E-state index in [1.54, 1.807) is 13.0 Å². The van der Waals surface area contributed by atoms with Crippen LogP contribution in [0.4, 0.5) is 0 Å². The molecule has 1 aliphatic heterocycles. The van der Waals surface area contributed by atoms with Crippen LogP contribution in [-0.2, 0) is 6.54 Å². The molecule has 112 valence electrons. The molecule has 1 aromatic rings. The molecular weight excluding hydrogens is 256 g/mol. The number of aryl methyl sites for hydroxylation is 1. The van der Waals surface area contributed by atoms with Crippen LogP contribution in [0, 0.1) is 12.8 Å². The minimum absolute atomic E-state index is 0.258. The summed E-state index contributed by atoms with van der Waals surface area (Å²) < 4.78 is 5.45. The SMILES string of the molecule is Cc1oc(CNCC2CCN(C(C)C)C2)cc1C(=O)O. The van der Waals surface area contributed by atoms with E-state index in [0.29, 0.717) is 30.0 Å². The number of hydrogen-bond acceptors (Lipinski definition) is 4. The molecule has 1 unspecified atom stereocenters. The highest BCUT2D eigenvalue weighted by molar-refractivity contribution is 5.88. The second-order valence-electron chi connectivity index (χ2n) is 5.86. The number of nitrogens with one attached hydrogen (secondary N) is 1. The molecule has 0 aliphatic carbocycles. The normalized spacial score (nSPS) is 19.9. The predicted molar refractivity (Wildman–Crippen MR) is 76.9 cm³/mol. The zero-order valence-corrected chi connectivity index (χ0v) is 12.5. The molecule has 1 atom stereocenters. The van der Waals surface area contributed by atoms with Crippen molar-refractivity contribution in [1.82, 2.24) is 10.2 Å². The first-order valence-corrected chi connectivity index (χ1v) is 7.24. The van der Waals surface area contributed by atoms with Gasteiger partial charge in [0.1, 0.15) is 17.1 Å². The Kier molecular flexibility index (Phi) is 4.83. The van der Waals surface area contributed by atoms with Crippen LogP contribution in [0.1, 0.15) is 42.1 Å². The summed E-state index contributed by atoms with van der Waals surface area (Å²) in [5.74, 6) is 0.910. The fourth-order valence-electron chi connectivity index (χ4n) is 2.74. The van der Waals surface area contributed by atoms with Gasteiger partial charge in [0, 0.05) is 12.6 Å². The zero-order chi connectivity index (χ0) is 14.7. The van der Waals surface area contributed by atoms with Crippen molar-refractivity contribution in [2.75, 3.05) is 19.6 Å². The van der Waals surface area contributed by atoms with Crippen molar-refractivity contribution in [3.05, 3.63) is 23.2 Å². The van der Waals surface area contributed by atoms with Crippen molar-refractivity contribution in [1.29, 1.82) is 0 Å². The standard InChI is InChI=1S/C15H24N2O3/c1-10(2)17-5-4-12(9-17)7-16-8-13-6-14(15(18)19)11(3)20-13/h6,10,12,16H,4-5,7-9H2,1-3H3,(H,18,19). The number of aromatic carboxylic acids is 1. The lowest BCUT2D eigenvalue weighted by Crippen LogP contribution is -2.30. The van der Waals surface area contributed by atoms with E-state index in [1.807, 2.05) is 0 Å². The summed E-state index contributed by atoms with van der Waals surface area (Å²) in [4.78, 5) is 13.4. The number of rotatable bonds is 6. The van der Waals surface area contributed by atoms with Gasteiger partial charge in [-0.05, 0) is 52.3 Å². The first kappa shape index (κ1) is 15.1. The summed E-state index contributed by atoms with van der Waals surface area (Å²) in [6.07, 6.45) is 1.22. The number of carbonyl (C=O) groups is 1. The molecule has 0 amide bonds. The third-order valence-corrected chi connectivity index (χ3v) is 3.98. The van der Waals surface area contributed by atoms with Gasteiger partial charge in [-0.1, -0.05) is 0 Å². The van der Waals surface area contributed by atoms with Crippen LogP contribution in [0.25, 0.3) is 0 Å². The Labute approximate surface area is 119 Å². The molecule has 2 heterocycles. The highest BCUT2D eigenvalue weighted by Crippen LogP contribution is 2.18. The summed E-state index contributed by atoms with van der Waals surface area (Å²) in [5, 5.41) is 12.3. The lowest BCUT2D eigenvalue weighted by Gasteiger charge is -2.20. The quantitative estimate of drug-likeness (QED) is 0.835. The molecule has 20 heavy (non-hydrogen) atoms. The molecule has 1 saturated heterocycles. The molecule has 0 radical (unpaired) electrons. The van der Waals surface area contributed by atoms with E-state index in [2.05, 4.69) is 24.1 Å². The van der Waals surface area contributed by atoms with Gasteiger partial charge in [0.15, 0.2) is 0 Å². The van der Waals surface area contributed by atoms with Crippen LogP contribution >= 0.6 is 0 Å². The van der Waals surface area contributed by atoms with Crippen LogP contribution < -0.4 is 5.32 Å². The number of nitrogens with zero attached hydrogens (tertiary/aromatic N) is 1. The summed E-state index contributed by atoms with van der Waals surface area (Å²) in [6, 6.07) is 2.23. The minimum atomic E-state index is -0.930. The van der Waals surface area contributed by atoms with Crippen LogP contribution in [0.3, 0.4) is 0 Å². The van der Waals surface area contributed by atoms with Gasteiger partial charge in [-0.25, -0.2) is 4.79 Å². The molecule has 0 bridgehead atoms. The molecule has 2 rings (SSSR count). The van der Waals surface area contributed by atoms with E-state index < -0.39 is 5.97 Å². The molecule has 5 heteroatoms. The van der Waals surface area contributed by atoms with E-state index in [1.165, 1.54) is 13.0 Å². The molecule has 1 aromatic heterocycles. The molecule has 1 aliphatic rings. The maximum absolute atomic E-state index is 10.9. The predicted octanol–water partition coefficient (Wildman–Crippen LogP) is 2.11. The maximum atomic E-state index is 10.9. The monoisotopic (exact) mass is 280 g/mol. The fraction of sp³-hybridized carbons (Fsp3) is 0.667. The van der Waals surface area contributed by atoms with Gasteiger partial charge in [-0.15, -0.1) is 0 Å². The van der Waals surface area contributed by atoms with Crippen molar-refractivity contribution in [3.8, 4) is 0 Å². The second kappa shape index (κ2) is 6.41. The summed E-state index contributed by atoms with van der Waals surface area (Å²) in [5.41, 5.74) is 0.258. The topological polar surface area (TPSA) is 65.7 Å². The molecule has 2 N–H and O–H groups in total. The van der Waals surface area contributed by atoms with Gasteiger partial charge in [-0.2, -0.15) is 0 Å². The third kappa shape index (κ3) is 3.61. The molecule has 0 saturated carbocycles. The number of carboxylic acid groups (broad SMARTS) is 1. The summed E-state index contributed by atoms with van der Waals surface area (Å²) in [6.45, 7) is 10.0. The lowest BCUT2D eigenvalue weighted by atomic mass is 10.1. The van der Waals surface area contributed by atoms with Gasteiger partial charge in [0.25, 0.3) is 0 Å². The van der Waals surface area contributed by atoms with Crippen LogP contribution in [0.15, 0.2) is 10.5 Å². The Morgan fingerprint density at radius 3 is 2.90 bits per heavy atom. The Hall–Kier alpha value is -1.33. The van der Waals surface area contributed by atoms with Crippen LogP contribution in [0.2, 0.25) is 0 Å². The molecule has 0 aromatic carbocycles. The number of likely N-dealkylation sites (tertiary alicyclic amines) is 1. The van der Waals surface area contributed by atoms with Gasteiger partial charge < -0.3 is 19.7 Å². The second-order valence-corrected chi connectivity index (χ2v) is 5.86. The van der Waals surface area contributed by atoms with Crippen molar-refractivity contribution >= 4 is 5.97 Å². The molecule has 1 fully saturated rings. The third-order valence-electron chi connectivity index (χ3n) is 3.98. The molecule has 5 nitrogen and oxygen atoms in total. The Morgan fingerprint density at radius 1 is 1.60 bits per heavy atom. The van der Waals surface area contributed by atoms with E-state index in [-0.39, 0.29) is 5.56 Å². The van der Waals surface area contributed by atoms with E-state index in [9.17, 15) is 4.79 Å². The fourth-order valence-corrected chi connectivity index (χ4v) is 2.74. The van der Waals surface area contributed by atoms with Crippen LogP contribution in [-0.4, -0.2) is 41.7 Å². The van der Waals surface area contributed by atoms with Crippen molar-refractivity contribution < 1.29 is 14.3 Å². The first-order valence-electron chi connectivity index (χ1n) is 7.24. The van der Waals surface area contributed by atoms with Gasteiger partial charge in [0.2, 0.25) is 0 Å². The van der Waals surface area contributed by atoms with E-state index in [4.69, 9.17) is 9.52 Å². The number of hydrogen-bond donors (Lipinski definition) is 2. The largest absolute Gasteiger partial charge is 0.478 e. The minimum Gasteiger partial charge on any atom is -0.478 e. The Morgan fingerprint density at radius 2 is 2.35 bits per heavy atom. The number of furan rings is 1.